The molecule has 0 amide bonds. The molecule has 2 aromatic rings. The van der Waals surface area contributed by atoms with Crippen LogP contribution in [0.4, 0.5) is 8.78 Å². The molecular weight excluding hydrogens is 334 g/mol. The second-order valence-corrected chi connectivity index (χ2v) is 3.59. The maximum Gasteiger partial charge on any atom is 0.165 e. The van der Waals surface area contributed by atoms with Gasteiger partial charge < -0.3 is 10.2 Å². The summed E-state index contributed by atoms with van der Waals surface area (Å²) in [5.41, 5.74) is -0.0556. The summed E-state index contributed by atoms with van der Waals surface area (Å²) in [4.78, 5) is 20.1. The quantitative estimate of drug-likeness (QED) is 0.649. The maximum atomic E-state index is 12.4. The standard InChI is InChI=1S/2C7H5FO2.Cu/c2*8-6-3-1-2-5(4-9)7(6)10;/h2*1-4,10H;. The number of para-hydroxylation sites is 2. The second kappa shape index (κ2) is 8.84. The van der Waals surface area contributed by atoms with Gasteiger partial charge in [-0.05, 0) is 24.3 Å². The van der Waals surface area contributed by atoms with Crippen molar-refractivity contribution in [2.45, 2.75) is 0 Å². The number of rotatable bonds is 2. The van der Waals surface area contributed by atoms with Crippen molar-refractivity contribution in [3.8, 4) is 11.5 Å². The normalized spacial score (nSPS) is 8.86. The van der Waals surface area contributed by atoms with Gasteiger partial charge in [0, 0.05) is 17.1 Å². The fraction of sp³-hybridized carbons (Fsp3) is 0. The van der Waals surface area contributed by atoms with Gasteiger partial charge in [0.1, 0.15) is 0 Å². The number of carbonyl (C=O) groups is 2. The molecule has 0 saturated heterocycles. The zero-order valence-corrected chi connectivity index (χ0v) is 11.3. The number of hydrogen-bond donors (Lipinski definition) is 2. The Morgan fingerprint density at radius 1 is 0.762 bits per heavy atom. The van der Waals surface area contributed by atoms with E-state index in [1.165, 1.54) is 24.3 Å². The molecule has 0 heterocycles. The fourth-order valence-corrected chi connectivity index (χ4v) is 1.25. The van der Waals surface area contributed by atoms with Gasteiger partial charge in [0.15, 0.2) is 35.7 Å². The molecule has 2 N–H and O–H groups in total. The Balaban J connectivity index is 0.000000364. The molecule has 0 saturated carbocycles. The van der Waals surface area contributed by atoms with Crippen molar-refractivity contribution in [1.29, 1.82) is 0 Å². The van der Waals surface area contributed by atoms with Crippen molar-refractivity contribution >= 4 is 12.6 Å². The summed E-state index contributed by atoms with van der Waals surface area (Å²) in [6.45, 7) is 0. The van der Waals surface area contributed by atoms with Gasteiger partial charge in [0.2, 0.25) is 0 Å². The minimum absolute atomic E-state index is 0. The minimum atomic E-state index is -0.774. The van der Waals surface area contributed by atoms with Crippen molar-refractivity contribution in [2.24, 2.45) is 0 Å². The van der Waals surface area contributed by atoms with E-state index in [0.29, 0.717) is 12.6 Å². The molecule has 0 aromatic heterocycles. The Bertz CT molecular complexity index is 577. The molecule has 0 aliphatic carbocycles. The van der Waals surface area contributed by atoms with Crippen LogP contribution in [0.3, 0.4) is 0 Å². The second-order valence-electron chi connectivity index (χ2n) is 3.59. The van der Waals surface area contributed by atoms with Crippen molar-refractivity contribution in [3.63, 3.8) is 0 Å². The topological polar surface area (TPSA) is 74.6 Å². The molecule has 0 aliphatic rings. The molecule has 0 spiro atoms. The average Bonchev–Trinajstić information content (AvgIpc) is 2.45. The van der Waals surface area contributed by atoms with Gasteiger partial charge in [-0.15, -0.1) is 0 Å². The molecule has 0 unspecified atom stereocenters. The summed E-state index contributed by atoms with van der Waals surface area (Å²) in [7, 11) is 0. The molecule has 2 aromatic carbocycles. The number of phenolic OH excluding ortho intramolecular Hbond substituents is 2. The molecular formula is C14H10CuF2O4. The Hall–Kier alpha value is -2.24. The van der Waals surface area contributed by atoms with Crippen LogP contribution in [0, 0.1) is 11.6 Å². The van der Waals surface area contributed by atoms with E-state index in [4.69, 9.17) is 10.2 Å². The molecule has 1 radical (unpaired) electrons. The maximum absolute atomic E-state index is 12.4. The van der Waals surface area contributed by atoms with Gasteiger partial charge in [-0.1, -0.05) is 12.1 Å². The predicted molar refractivity (Wildman–Crippen MR) is 66.9 cm³/mol. The van der Waals surface area contributed by atoms with Crippen LogP contribution in [-0.2, 0) is 17.1 Å². The monoisotopic (exact) mass is 343 g/mol. The van der Waals surface area contributed by atoms with Crippen LogP contribution in [0.15, 0.2) is 36.4 Å². The predicted octanol–water partition coefficient (Wildman–Crippen LogP) is 2.69. The third-order valence-corrected chi connectivity index (χ3v) is 2.29. The third kappa shape index (κ3) is 4.98. The molecule has 21 heavy (non-hydrogen) atoms. The first-order valence-electron chi connectivity index (χ1n) is 5.36. The van der Waals surface area contributed by atoms with Crippen LogP contribution in [0.1, 0.15) is 20.7 Å². The van der Waals surface area contributed by atoms with E-state index in [1.54, 1.807) is 0 Å². The molecule has 115 valence electrons. The Morgan fingerprint density at radius 2 is 1.10 bits per heavy atom. The van der Waals surface area contributed by atoms with Gasteiger partial charge in [-0.3, -0.25) is 9.59 Å². The van der Waals surface area contributed by atoms with E-state index in [2.05, 4.69) is 0 Å². The van der Waals surface area contributed by atoms with Crippen LogP contribution < -0.4 is 0 Å². The van der Waals surface area contributed by atoms with Crippen LogP contribution in [-0.4, -0.2) is 22.8 Å². The van der Waals surface area contributed by atoms with Crippen molar-refractivity contribution < 1.29 is 45.7 Å². The Morgan fingerprint density at radius 3 is 1.33 bits per heavy atom. The largest absolute Gasteiger partial charge is 0.504 e. The number of aldehydes is 2. The van der Waals surface area contributed by atoms with Gasteiger partial charge in [-0.25, -0.2) is 8.78 Å². The first-order chi connectivity index (χ1) is 9.51. The van der Waals surface area contributed by atoms with E-state index in [1.807, 2.05) is 0 Å². The first-order valence-corrected chi connectivity index (χ1v) is 5.36. The number of halogens is 2. The van der Waals surface area contributed by atoms with E-state index in [0.717, 1.165) is 12.1 Å². The Kier molecular flexibility index (Phi) is 7.89. The smallest absolute Gasteiger partial charge is 0.165 e. The fourth-order valence-electron chi connectivity index (χ4n) is 1.25. The summed E-state index contributed by atoms with van der Waals surface area (Å²) in [6, 6.07) is 7.57. The molecule has 0 bridgehead atoms. The third-order valence-electron chi connectivity index (χ3n) is 2.29. The van der Waals surface area contributed by atoms with Crippen LogP contribution in [0.2, 0.25) is 0 Å². The SMILES string of the molecule is O=Cc1cccc(F)c1O.O=Cc1cccc(F)c1O.[Cu]. The zero-order valence-electron chi connectivity index (χ0n) is 10.4. The summed E-state index contributed by atoms with van der Waals surface area (Å²) < 4.78 is 24.7. The van der Waals surface area contributed by atoms with Crippen LogP contribution in [0.25, 0.3) is 0 Å². The van der Waals surface area contributed by atoms with E-state index < -0.39 is 23.1 Å². The van der Waals surface area contributed by atoms with Gasteiger partial charge >= 0.3 is 0 Å². The average molecular weight is 344 g/mol. The molecule has 0 fully saturated rings. The number of phenols is 2. The van der Waals surface area contributed by atoms with E-state index in [-0.39, 0.29) is 28.2 Å². The molecule has 0 atom stereocenters. The van der Waals surface area contributed by atoms with Crippen LogP contribution >= 0.6 is 0 Å². The summed E-state index contributed by atoms with van der Waals surface area (Å²) in [6.07, 6.45) is 0.802. The number of hydrogen-bond acceptors (Lipinski definition) is 4. The van der Waals surface area contributed by atoms with Crippen molar-refractivity contribution in [2.75, 3.05) is 0 Å². The van der Waals surface area contributed by atoms with Gasteiger partial charge in [-0.2, -0.15) is 0 Å². The van der Waals surface area contributed by atoms with Crippen molar-refractivity contribution in [1.82, 2.24) is 0 Å². The van der Waals surface area contributed by atoms with Gasteiger partial charge in [0.05, 0.1) is 11.1 Å². The summed E-state index contributed by atoms with van der Waals surface area (Å²) in [5.74, 6) is -2.72. The Labute approximate surface area is 129 Å². The minimum Gasteiger partial charge on any atom is -0.504 e. The first kappa shape index (κ1) is 18.8. The van der Waals surface area contributed by atoms with Crippen molar-refractivity contribution in [3.05, 3.63) is 59.2 Å². The van der Waals surface area contributed by atoms with E-state index in [9.17, 15) is 18.4 Å². The number of carbonyl (C=O) groups excluding carboxylic acids is 2. The molecule has 2 rings (SSSR count). The van der Waals surface area contributed by atoms with Crippen LogP contribution in [0.5, 0.6) is 11.5 Å². The summed E-state index contributed by atoms with van der Waals surface area (Å²) in [5, 5.41) is 17.6. The number of aromatic hydroxyl groups is 2. The summed E-state index contributed by atoms with van der Waals surface area (Å²) >= 11 is 0. The van der Waals surface area contributed by atoms with E-state index >= 15 is 0 Å². The zero-order chi connectivity index (χ0) is 15.1. The number of benzene rings is 2. The molecule has 4 nitrogen and oxygen atoms in total. The van der Waals surface area contributed by atoms with Gasteiger partial charge in [0.25, 0.3) is 0 Å². The molecule has 0 aliphatic heterocycles. The molecule has 7 heteroatoms.